The summed E-state index contributed by atoms with van der Waals surface area (Å²) in [6.07, 6.45) is -0.135. The lowest BCUT2D eigenvalue weighted by atomic mass is 9.88. The SMILES string of the molecule is CC[N+]1(C(C(=O)NCc2ccc(OC)cc2)n2ccc3oc(C)cc3c2=O)C(=O)C(C)(C)C(=O)N(C)c2cc(C(=O)O)ccc21. The zero-order chi connectivity index (χ0) is 32.8. The topological polar surface area (TPSA) is 148 Å². The van der Waals surface area contributed by atoms with Gasteiger partial charge in [0.15, 0.2) is 11.1 Å². The van der Waals surface area contributed by atoms with E-state index in [2.05, 4.69) is 5.32 Å². The van der Waals surface area contributed by atoms with E-state index in [9.17, 15) is 29.1 Å². The number of hydrogen-bond donors (Lipinski definition) is 2. The van der Waals surface area contributed by atoms with Gasteiger partial charge in [-0.2, -0.15) is 4.48 Å². The number of aryl methyl sites for hydroxylation is 1. The number of hydrogen-bond acceptors (Lipinski definition) is 7. The molecule has 5 rings (SSSR count). The molecular weight excluding hydrogens is 580 g/mol. The van der Waals surface area contributed by atoms with Crippen molar-refractivity contribution in [2.45, 2.75) is 40.4 Å². The van der Waals surface area contributed by atoms with Gasteiger partial charge in [-0.05, 0) is 69.7 Å². The zero-order valence-corrected chi connectivity index (χ0v) is 25.9. The minimum atomic E-state index is -1.68. The second kappa shape index (κ2) is 11.4. The summed E-state index contributed by atoms with van der Waals surface area (Å²) in [5, 5.41) is 12.9. The molecule has 234 valence electrons. The number of methoxy groups -OCH3 is 1. The number of benzene rings is 2. The Morgan fingerprint density at radius 2 is 1.76 bits per heavy atom. The molecule has 2 unspecified atom stereocenters. The van der Waals surface area contributed by atoms with Crippen molar-refractivity contribution in [2.75, 3.05) is 25.6 Å². The monoisotopic (exact) mass is 615 g/mol. The first-order valence-electron chi connectivity index (χ1n) is 14.4. The number of quaternary nitrogens is 1. The molecule has 2 aromatic heterocycles. The van der Waals surface area contributed by atoms with Crippen molar-refractivity contribution < 1.29 is 33.4 Å². The lowest BCUT2D eigenvalue weighted by Crippen LogP contribution is -2.67. The van der Waals surface area contributed by atoms with Crippen LogP contribution >= 0.6 is 0 Å². The number of ether oxygens (including phenoxy) is 1. The van der Waals surface area contributed by atoms with Gasteiger partial charge in [-0.25, -0.2) is 9.59 Å². The Kier molecular flexibility index (Phi) is 7.88. The van der Waals surface area contributed by atoms with Gasteiger partial charge in [-0.1, -0.05) is 12.1 Å². The van der Waals surface area contributed by atoms with Crippen molar-refractivity contribution >= 4 is 46.0 Å². The molecular formula is C33H35N4O8+. The van der Waals surface area contributed by atoms with E-state index in [0.29, 0.717) is 17.1 Å². The molecule has 12 nitrogen and oxygen atoms in total. The second-order valence-corrected chi connectivity index (χ2v) is 11.6. The van der Waals surface area contributed by atoms with Gasteiger partial charge in [0.1, 0.15) is 22.8 Å². The van der Waals surface area contributed by atoms with Crippen LogP contribution in [0.5, 0.6) is 5.75 Å². The molecule has 0 spiro atoms. The maximum atomic E-state index is 14.9. The molecule has 2 aromatic carbocycles. The van der Waals surface area contributed by atoms with E-state index < -0.39 is 45.3 Å². The fourth-order valence-corrected chi connectivity index (χ4v) is 6.15. The number of aromatic carboxylic acids is 1. The summed E-state index contributed by atoms with van der Waals surface area (Å²) in [5.41, 5.74) is -0.959. The van der Waals surface area contributed by atoms with Crippen molar-refractivity contribution in [2.24, 2.45) is 5.41 Å². The highest BCUT2D eigenvalue weighted by atomic mass is 16.5. The molecule has 0 aliphatic carbocycles. The molecule has 12 heteroatoms. The highest BCUT2D eigenvalue weighted by Gasteiger charge is 2.61. The fourth-order valence-electron chi connectivity index (χ4n) is 6.15. The summed E-state index contributed by atoms with van der Waals surface area (Å²) < 4.78 is 11.3. The highest BCUT2D eigenvalue weighted by molar-refractivity contribution is 6.19. The molecule has 0 bridgehead atoms. The van der Waals surface area contributed by atoms with Crippen molar-refractivity contribution in [3.63, 3.8) is 0 Å². The Balaban J connectivity index is 1.80. The number of amides is 3. The number of carbonyl (C=O) groups is 4. The van der Waals surface area contributed by atoms with E-state index in [1.807, 2.05) is 0 Å². The molecule has 2 atom stereocenters. The van der Waals surface area contributed by atoms with Crippen molar-refractivity contribution in [1.82, 2.24) is 14.4 Å². The summed E-state index contributed by atoms with van der Waals surface area (Å²) in [4.78, 5) is 70.6. The number of rotatable bonds is 8. The molecule has 4 aromatic rings. The Bertz CT molecular complexity index is 1910. The van der Waals surface area contributed by atoms with E-state index in [1.54, 1.807) is 57.4 Å². The molecule has 0 saturated heterocycles. The van der Waals surface area contributed by atoms with E-state index >= 15 is 0 Å². The van der Waals surface area contributed by atoms with Gasteiger partial charge in [0.2, 0.25) is 5.91 Å². The Labute approximate surface area is 259 Å². The van der Waals surface area contributed by atoms with E-state index in [1.165, 1.54) is 54.8 Å². The molecule has 3 heterocycles. The van der Waals surface area contributed by atoms with Crippen LogP contribution in [0.2, 0.25) is 0 Å². The summed E-state index contributed by atoms with van der Waals surface area (Å²) in [5.74, 6) is -1.99. The molecule has 45 heavy (non-hydrogen) atoms. The number of furan rings is 1. The lowest BCUT2D eigenvalue weighted by Gasteiger charge is -2.42. The van der Waals surface area contributed by atoms with Gasteiger partial charge in [0.25, 0.3) is 11.7 Å². The molecule has 2 N–H and O–H groups in total. The fraction of sp³-hybridized carbons (Fsp3) is 0.303. The Morgan fingerprint density at radius 3 is 2.38 bits per heavy atom. The first kappa shape index (κ1) is 31.2. The van der Waals surface area contributed by atoms with Crippen molar-refractivity contribution in [1.29, 1.82) is 0 Å². The number of nitrogens with one attached hydrogen (secondary N) is 1. The number of carboxylic acid groups (broad SMARTS) is 1. The Morgan fingerprint density at radius 1 is 1.07 bits per heavy atom. The summed E-state index contributed by atoms with van der Waals surface area (Å²) in [7, 11) is 3.01. The van der Waals surface area contributed by atoms with Crippen molar-refractivity contribution in [3.05, 3.63) is 88.0 Å². The van der Waals surface area contributed by atoms with Crippen LogP contribution in [0.25, 0.3) is 11.0 Å². The maximum Gasteiger partial charge on any atom is 0.336 e. The van der Waals surface area contributed by atoms with Gasteiger partial charge in [-0.15, -0.1) is 0 Å². The first-order chi connectivity index (χ1) is 21.3. The minimum absolute atomic E-state index is 0.0572. The molecule has 0 saturated carbocycles. The van der Waals surface area contributed by atoms with Gasteiger partial charge >= 0.3 is 17.8 Å². The molecule has 0 radical (unpaired) electrons. The number of likely N-dealkylation sites (N-methyl/N-ethyl adjacent to an activating group) is 1. The maximum absolute atomic E-state index is 14.9. The molecule has 0 fully saturated rings. The normalized spacial score (nSPS) is 18.3. The number of nitrogens with zero attached hydrogens (tertiary/aromatic N) is 3. The second-order valence-electron chi connectivity index (χ2n) is 11.6. The van der Waals surface area contributed by atoms with Crippen molar-refractivity contribution in [3.8, 4) is 5.75 Å². The smallest absolute Gasteiger partial charge is 0.336 e. The summed E-state index contributed by atoms with van der Waals surface area (Å²) in [6, 6.07) is 14.3. The molecule has 3 amide bonds. The predicted molar refractivity (Wildman–Crippen MR) is 167 cm³/mol. The number of anilines is 1. The predicted octanol–water partition coefficient (Wildman–Crippen LogP) is 3.98. The minimum Gasteiger partial charge on any atom is -0.497 e. The van der Waals surface area contributed by atoms with E-state index in [0.717, 1.165) is 5.56 Å². The van der Waals surface area contributed by atoms with Crippen LogP contribution in [0.3, 0.4) is 0 Å². The van der Waals surface area contributed by atoms with Crippen LogP contribution in [-0.2, 0) is 20.9 Å². The third-order valence-corrected chi connectivity index (χ3v) is 8.53. The first-order valence-corrected chi connectivity index (χ1v) is 14.4. The van der Waals surface area contributed by atoms with Crippen LogP contribution in [0.15, 0.2) is 70.0 Å². The average Bonchev–Trinajstić information content (AvgIpc) is 3.41. The summed E-state index contributed by atoms with van der Waals surface area (Å²) >= 11 is 0. The molecule has 1 aliphatic heterocycles. The number of carboxylic acids is 1. The van der Waals surface area contributed by atoms with Crippen LogP contribution in [-0.4, -0.2) is 54.1 Å². The highest BCUT2D eigenvalue weighted by Crippen LogP contribution is 2.47. The van der Waals surface area contributed by atoms with Crippen LogP contribution in [0, 0.1) is 12.3 Å². The lowest BCUT2D eigenvalue weighted by molar-refractivity contribution is -0.153. The van der Waals surface area contributed by atoms with Crippen LogP contribution in [0.1, 0.15) is 48.6 Å². The number of fused-ring (bicyclic) bond motifs is 2. The number of aromatic nitrogens is 1. The van der Waals surface area contributed by atoms with Crippen LogP contribution < -0.4 is 25.0 Å². The van der Waals surface area contributed by atoms with Gasteiger partial charge in [0.05, 0.1) is 24.6 Å². The number of carbonyl (C=O) groups excluding carboxylic acids is 3. The van der Waals surface area contributed by atoms with Gasteiger partial charge in [0, 0.05) is 25.9 Å². The zero-order valence-electron chi connectivity index (χ0n) is 25.9. The van der Waals surface area contributed by atoms with E-state index in [-0.39, 0.29) is 35.4 Å². The largest absolute Gasteiger partial charge is 0.497 e. The quantitative estimate of drug-likeness (QED) is 0.223. The summed E-state index contributed by atoms with van der Waals surface area (Å²) in [6.45, 7) is 6.33. The Hall–Kier alpha value is -5.23. The molecule has 1 aliphatic rings. The van der Waals surface area contributed by atoms with Crippen LogP contribution in [0.4, 0.5) is 11.4 Å². The standard InChI is InChI=1S/C33H34N4O8/c1-7-37(25-13-10-21(30(40)41)17-24(25)35(5)31(42)33(3,4)32(37)43)28(27(38)34-18-20-8-11-22(44-6)12-9-20)36-15-14-26-23(29(36)39)16-19(2)45-26/h8-17,28H,7,18H2,1-6H3,(H-,34,38,40,41)/p+1. The average molecular weight is 616 g/mol. The van der Waals surface area contributed by atoms with E-state index in [4.69, 9.17) is 9.15 Å². The van der Waals surface area contributed by atoms with Gasteiger partial charge < -0.3 is 24.5 Å². The number of pyridine rings is 1. The third kappa shape index (κ3) is 4.96. The van der Waals surface area contributed by atoms with Gasteiger partial charge in [-0.3, -0.25) is 19.0 Å². The third-order valence-electron chi connectivity index (χ3n) is 8.53.